The summed E-state index contributed by atoms with van der Waals surface area (Å²) in [6.07, 6.45) is 6.18. The molecule has 146 valence electrons. The van der Waals surface area contributed by atoms with Gasteiger partial charge in [0.05, 0.1) is 11.2 Å². The third-order valence-corrected chi connectivity index (χ3v) is 5.66. The van der Waals surface area contributed by atoms with E-state index in [-0.39, 0.29) is 11.8 Å². The third kappa shape index (κ3) is 5.56. The first-order valence-corrected chi connectivity index (χ1v) is 10.4. The maximum atomic E-state index is 12.5. The molecule has 1 saturated heterocycles. The zero-order valence-corrected chi connectivity index (χ0v) is 17.3. The molecule has 1 aliphatic rings. The van der Waals surface area contributed by atoms with Gasteiger partial charge in [-0.1, -0.05) is 42.5 Å². The van der Waals surface area contributed by atoms with Gasteiger partial charge in [0.2, 0.25) is 5.91 Å². The number of anilines is 1. The molecule has 1 aliphatic heterocycles. The van der Waals surface area contributed by atoms with E-state index >= 15 is 0 Å². The van der Waals surface area contributed by atoms with Gasteiger partial charge >= 0.3 is 0 Å². The number of unbranched alkanes of at least 4 members (excludes halogenated alkanes) is 2. The molecule has 3 rings (SSSR count). The number of furan rings is 1. The van der Waals surface area contributed by atoms with Crippen LogP contribution in [-0.4, -0.2) is 27.6 Å². The minimum absolute atomic E-state index is 0.0117. The molecule has 2 heterocycles. The fraction of sp³-hybridized carbons (Fsp3) is 0.286. The number of carbonyl (C=O) groups is 2. The second-order valence-electron chi connectivity index (χ2n) is 6.58. The zero-order chi connectivity index (χ0) is 19.9. The van der Waals surface area contributed by atoms with E-state index in [1.165, 1.54) is 11.8 Å². The summed E-state index contributed by atoms with van der Waals surface area (Å²) in [6.45, 7) is 2.56. The molecule has 0 bridgehead atoms. The maximum absolute atomic E-state index is 12.5. The van der Waals surface area contributed by atoms with Gasteiger partial charge in [-0.25, -0.2) is 0 Å². The molecule has 1 N–H and O–H groups in total. The van der Waals surface area contributed by atoms with Crippen LogP contribution >= 0.6 is 24.0 Å². The number of hydrogen-bond donors (Lipinski definition) is 1. The molecule has 1 aromatic carbocycles. The van der Waals surface area contributed by atoms with Crippen molar-refractivity contribution < 1.29 is 14.0 Å². The Morgan fingerprint density at radius 1 is 1.25 bits per heavy atom. The highest BCUT2D eigenvalue weighted by atomic mass is 32.2. The second-order valence-corrected chi connectivity index (χ2v) is 8.25. The van der Waals surface area contributed by atoms with Crippen molar-refractivity contribution in [1.82, 2.24) is 4.90 Å². The first-order valence-electron chi connectivity index (χ1n) is 9.18. The van der Waals surface area contributed by atoms with Gasteiger partial charge in [-0.15, -0.1) is 0 Å². The van der Waals surface area contributed by atoms with Crippen molar-refractivity contribution in [1.29, 1.82) is 0 Å². The fourth-order valence-electron chi connectivity index (χ4n) is 2.87. The minimum Gasteiger partial charge on any atom is -0.465 e. The van der Waals surface area contributed by atoms with E-state index in [2.05, 4.69) is 5.32 Å². The number of amides is 2. The average Bonchev–Trinajstić information content (AvgIpc) is 3.25. The molecule has 0 radical (unpaired) electrons. The molecule has 2 amide bonds. The van der Waals surface area contributed by atoms with Crippen molar-refractivity contribution >= 4 is 51.9 Å². The summed E-state index contributed by atoms with van der Waals surface area (Å²) in [5.74, 6) is 0.571. The molecule has 1 aromatic heterocycles. The van der Waals surface area contributed by atoms with Crippen LogP contribution in [0.1, 0.15) is 37.0 Å². The molecule has 0 unspecified atom stereocenters. The first kappa shape index (κ1) is 20.4. The number of hydrogen-bond acceptors (Lipinski definition) is 5. The van der Waals surface area contributed by atoms with Crippen LogP contribution in [0.2, 0.25) is 0 Å². The van der Waals surface area contributed by atoms with E-state index in [9.17, 15) is 9.59 Å². The lowest BCUT2D eigenvalue weighted by Gasteiger charge is -2.14. The monoisotopic (exact) mass is 414 g/mol. The number of benzene rings is 1. The summed E-state index contributed by atoms with van der Waals surface area (Å²) in [5, 5.41) is 2.91. The minimum atomic E-state index is -0.0800. The van der Waals surface area contributed by atoms with E-state index in [0.29, 0.717) is 28.0 Å². The van der Waals surface area contributed by atoms with Crippen LogP contribution in [0, 0.1) is 6.92 Å². The van der Waals surface area contributed by atoms with Crippen LogP contribution in [-0.2, 0) is 9.59 Å². The lowest BCUT2D eigenvalue weighted by Crippen LogP contribution is -2.29. The molecule has 0 atom stereocenters. The average molecular weight is 415 g/mol. The van der Waals surface area contributed by atoms with Gasteiger partial charge in [-0.3, -0.25) is 14.5 Å². The molecular weight excluding hydrogens is 392 g/mol. The number of nitrogens with one attached hydrogen (secondary N) is 1. The van der Waals surface area contributed by atoms with Gasteiger partial charge in [-0.05, 0) is 49.6 Å². The van der Waals surface area contributed by atoms with Crippen LogP contribution in [0.4, 0.5) is 5.69 Å². The standard InChI is InChI=1S/C21H22N2O3S2/c1-15-7-5-8-16(13-15)22-19(24)10-3-2-4-11-23-20(25)18(28-21(23)27)14-17-9-6-12-26-17/h5-9,12-14H,2-4,10-11H2,1H3,(H,22,24)/b18-14-. The normalized spacial score (nSPS) is 15.5. The molecule has 5 nitrogen and oxygen atoms in total. The molecule has 28 heavy (non-hydrogen) atoms. The summed E-state index contributed by atoms with van der Waals surface area (Å²) in [7, 11) is 0. The number of aryl methyl sites for hydroxylation is 1. The van der Waals surface area contributed by atoms with Gasteiger partial charge in [0.1, 0.15) is 10.1 Å². The molecule has 2 aromatic rings. The zero-order valence-electron chi connectivity index (χ0n) is 15.6. The maximum Gasteiger partial charge on any atom is 0.266 e. The largest absolute Gasteiger partial charge is 0.465 e. The lowest BCUT2D eigenvalue weighted by molar-refractivity contribution is -0.122. The molecule has 0 saturated carbocycles. The lowest BCUT2D eigenvalue weighted by atomic mass is 10.1. The number of carbonyl (C=O) groups excluding carboxylic acids is 2. The predicted octanol–water partition coefficient (Wildman–Crippen LogP) is 4.99. The van der Waals surface area contributed by atoms with Crippen LogP contribution in [0.3, 0.4) is 0 Å². The van der Waals surface area contributed by atoms with Crippen molar-refractivity contribution in [2.75, 3.05) is 11.9 Å². The number of nitrogens with zero attached hydrogens (tertiary/aromatic N) is 1. The molecule has 7 heteroatoms. The van der Waals surface area contributed by atoms with Crippen LogP contribution < -0.4 is 5.32 Å². The van der Waals surface area contributed by atoms with E-state index in [1.807, 2.05) is 31.2 Å². The molecular formula is C21H22N2O3S2. The SMILES string of the molecule is Cc1cccc(NC(=O)CCCCCN2C(=O)/C(=C/c3ccco3)SC2=S)c1. The summed E-state index contributed by atoms with van der Waals surface area (Å²) in [6, 6.07) is 11.3. The Kier molecular flexibility index (Phi) is 7.06. The van der Waals surface area contributed by atoms with Gasteiger partial charge < -0.3 is 9.73 Å². The van der Waals surface area contributed by atoms with Gasteiger partial charge in [0, 0.05) is 24.7 Å². The Morgan fingerprint density at radius 2 is 2.11 bits per heavy atom. The van der Waals surface area contributed by atoms with E-state index in [4.69, 9.17) is 16.6 Å². The van der Waals surface area contributed by atoms with E-state index < -0.39 is 0 Å². The topological polar surface area (TPSA) is 62.6 Å². The third-order valence-electron chi connectivity index (χ3n) is 4.28. The number of rotatable bonds is 8. The summed E-state index contributed by atoms with van der Waals surface area (Å²) >= 11 is 6.62. The van der Waals surface area contributed by atoms with Crippen LogP contribution in [0.25, 0.3) is 6.08 Å². The first-order chi connectivity index (χ1) is 13.5. The quantitative estimate of drug-likeness (QED) is 0.375. The molecule has 0 spiro atoms. The Labute approximate surface area is 174 Å². The highest BCUT2D eigenvalue weighted by Crippen LogP contribution is 2.32. The van der Waals surface area contributed by atoms with E-state index in [1.54, 1.807) is 29.4 Å². The summed E-state index contributed by atoms with van der Waals surface area (Å²) in [5.41, 5.74) is 1.94. The van der Waals surface area contributed by atoms with Gasteiger partial charge in [0.15, 0.2) is 0 Å². The number of thioether (sulfide) groups is 1. The van der Waals surface area contributed by atoms with E-state index in [0.717, 1.165) is 30.5 Å². The van der Waals surface area contributed by atoms with Crippen LogP contribution in [0.15, 0.2) is 52.0 Å². The Bertz CT molecular complexity index is 891. The van der Waals surface area contributed by atoms with Crippen molar-refractivity contribution in [2.24, 2.45) is 0 Å². The van der Waals surface area contributed by atoms with Crippen LogP contribution in [0.5, 0.6) is 0 Å². The Balaban J connectivity index is 1.38. The van der Waals surface area contributed by atoms with Gasteiger partial charge in [0.25, 0.3) is 5.91 Å². The Morgan fingerprint density at radius 3 is 2.86 bits per heavy atom. The fourth-order valence-corrected chi connectivity index (χ4v) is 4.16. The summed E-state index contributed by atoms with van der Waals surface area (Å²) < 4.78 is 5.83. The molecule has 1 fully saturated rings. The number of thiocarbonyl (C=S) groups is 1. The van der Waals surface area contributed by atoms with Crippen molar-refractivity contribution in [3.8, 4) is 0 Å². The van der Waals surface area contributed by atoms with Crippen molar-refractivity contribution in [3.63, 3.8) is 0 Å². The molecule has 0 aliphatic carbocycles. The van der Waals surface area contributed by atoms with Crippen molar-refractivity contribution in [2.45, 2.75) is 32.6 Å². The Hall–Kier alpha value is -2.38. The highest BCUT2D eigenvalue weighted by Gasteiger charge is 2.31. The smallest absolute Gasteiger partial charge is 0.266 e. The van der Waals surface area contributed by atoms with Gasteiger partial charge in [-0.2, -0.15) is 0 Å². The van der Waals surface area contributed by atoms with Crippen molar-refractivity contribution in [3.05, 3.63) is 58.9 Å². The highest BCUT2D eigenvalue weighted by molar-refractivity contribution is 8.26. The predicted molar refractivity (Wildman–Crippen MR) is 117 cm³/mol. The summed E-state index contributed by atoms with van der Waals surface area (Å²) in [4.78, 5) is 26.7. The second kappa shape index (κ2) is 9.71.